The molecule has 0 N–H and O–H groups in total. The van der Waals surface area contributed by atoms with Crippen molar-refractivity contribution in [1.29, 1.82) is 0 Å². The van der Waals surface area contributed by atoms with E-state index in [0.29, 0.717) is 23.1 Å². The second-order valence-electron chi connectivity index (χ2n) is 8.71. The monoisotopic (exact) mass is 528 g/mol. The molecule has 0 saturated heterocycles. The third kappa shape index (κ3) is 16.8. The van der Waals surface area contributed by atoms with Gasteiger partial charge in [0.25, 0.3) is 0 Å². The van der Waals surface area contributed by atoms with Crippen molar-refractivity contribution in [3.8, 4) is 0 Å². The Morgan fingerprint density at radius 3 is 1.85 bits per heavy atom. The number of carbonyl (C=O) groups excluding carboxylic acids is 2. The molecule has 0 aromatic heterocycles. The van der Waals surface area contributed by atoms with Gasteiger partial charge in [0.15, 0.2) is 0 Å². The molecule has 0 aliphatic carbocycles. The Morgan fingerprint density at radius 1 is 0.758 bits per heavy atom. The van der Waals surface area contributed by atoms with Gasteiger partial charge in [-0.05, 0) is 31.0 Å². The predicted octanol–water partition coefficient (Wildman–Crippen LogP) is 8.44. The lowest BCUT2D eigenvalue weighted by Gasteiger charge is -2.07. The molecule has 0 spiro atoms. The van der Waals surface area contributed by atoms with Crippen LogP contribution >= 0.6 is 15.9 Å². The van der Waals surface area contributed by atoms with E-state index in [1.54, 1.807) is 6.07 Å². The molecule has 1 aromatic carbocycles. The standard InChI is InChI=1S/C27H42BrFO4/c1-2-3-4-5-6-7-8-9-10-11-12-13-14-20-32-26(30)16-15-17-27(31)33-22-23-21-24(29)18-19-25(23)28/h18-19,21H,2-17,20,22H2,1H3. The van der Waals surface area contributed by atoms with Crippen LogP contribution in [0.1, 0.15) is 115 Å². The topological polar surface area (TPSA) is 52.6 Å². The number of unbranched alkanes of at least 4 members (excludes halogenated alkanes) is 12. The fraction of sp³-hybridized carbons (Fsp3) is 0.704. The van der Waals surface area contributed by atoms with Gasteiger partial charge in [0.1, 0.15) is 12.4 Å². The van der Waals surface area contributed by atoms with Crippen molar-refractivity contribution in [3.05, 3.63) is 34.1 Å². The molecule has 33 heavy (non-hydrogen) atoms. The fourth-order valence-corrected chi connectivity index (χ4v) is 4.00. The number of hydrogen-bond acceptors (Lipinski definition) is 4. The van der Waals surface area contributed by atoms with Crippen molar-refractivity contribution in [2.45, 2.75) is 116 Å². The molecule has 0 atom stereocenters. The van der Waals surface area contributed by atoms with Crippen molar-refractivity contribution in [2.24, 2.45) is 0 Å². The molecule has 1 rings (SSSR count). The summed E-state index contributed by atoms with van der Waals surface area (Å²) in [6, 6.07) is 4.23. The van der Waals surface area contributed by atoms with E-state index in [2.05, 4.69) is 22.9 Å². The molecule has 0 aliphatic rings. The first-order chi connectivity index (χ1) is 16.0. The van der Waals surface area contributed by atoms with Crippen LogP contribution in [0.3, 0.4) is 0 Å². The van der Waals surface area contributed by atoms with Gasteiger partial charge in [0.2, 0.25) is 0 Å². The van der Waals surface area contributed by atoms with Crippen LogP contribution in [0.25, 0.3) is 0 Å². The summed E-state index contributed by atoms with van der Waals surface area (Å²) in [5, 5.41) is 0. The van der Waals surface area contributed by atoms with Crippen LogP contribution in [0.15, 0.2) is 22.7 Å². The van der Waals surface area contributed by atoms with E-state index in [1.807, 2.05) is 0 Å². The normalized spacial score (nSPS) is 10.9. The molecule has 188 valence electrons. The summed E-state index contributed by atoms with van der Waals surface area (Å²) in [5.74, 6) is -1.06. The van der Waals surface area contributed by atoms with Crippen LogP contribution in [0.2, 0.25) is 0 Å². The van der Waals surface area contributed by atoms with Gasteiger partial charge in [-0.3, -0.25) is 9.59 Å². The summed E-state index contributed by atoms with van der Waals surface area (Å²) in [6.07, 6.45) is 17.4. The van der Waals surface area contributed by atoms with Crippen LogP contribution < -0.4 is 0 Å². The van der Waals surface area contributed by atoms with Crippen LogP contribution in [0.5, 0.6) is 0 Å². The summed E-state index contributed by atoms with van der Waals surface area (Å²) in [7, 11) is 0. The average Bonchev–Trinajstić information content (AvgIpc) is 2.80. The predicted molar refractivity (Wildman–Crippen MR) is 134 cm³/mol. The Bertz CT molecular complexity index is 666. The molecular formula is C27H42BrFO4. The quantitative estimate of drug-likeness (QED) is 0.126. The van der Waals surface area contributed by atoms with Gasteiger partial charge >= 0.3 is 11.9 Å². The number of ether oxygens (including phenoxy) is 2. The summed E-state index contributed by atoms with van der Waals surface area (Å²) in [4.78, 5) is 23.6. The first-order valence-corrected chi connectivity index (χ1v) is 13.6. The van der Waals surface area contributed by atoms with Gasteiger partial charge in [-0.1, -0.05) is 99.9 Å². The maximum atomic E-state index is 13.2. The molecule has 0 radical (unpaired) electrons. The van der Waals surface area contributed by atoms with Crippen LogP contribution in [-0.2, 0) is 25.7 Å². The van der Waals surface area contributed by atoms with E-state index < -0.39 is 5.97 Å². The second kappa shape index (κ2) is 20.0. The molecule has 6 heteroatoms. The molecule has 0 amide bonds. The first-order valence-electron chi connectivity index (χ1n) is 12.8. The van der Waals surface area contributed by atoms with Crippen molar-refractivity contribution in [3.63, 3.8) is 0 Å². The number of halogens is 2. The van der Waals surface area contributed by atoms with Gasteiger partial charge in [0, 0.05) is 22.9 Å². The minimum absolute atomic E-state index is 0.000665. The molecule has 0 bridgehead atoms. The lowest BCUT2D eigenvalue weighted by atomic mass is 10.0. The summed E-state index contributed by atoms with van der Waals surface area (Å²) >= 11 is 3.30. The highest BCUT2D eigenvalue weighted by Crippen LogP contribution is 2.19. The Balaban J connectivity index is 1.89. The Kier molecular flexibility index (Phi) is 17.9. The molecule has 0 unspecified atom stereocenters. The largest absolute Gasteiger partial charge is 0.466 e. The molecule has 0 aliphatic heterocycles. The Hall–Kier alpha value is -1.43. The molecule has 0 heterocycles. The zero-order valence-corrected chi connectivity index (χ0v) is 21.9. The zero-order valence-electron chi connectivity index (χ0n) is 20.3. The highest BCUT2D eigenvalue weighted by atomic mass is 79.9. The lowest BCUT2D eigenvalue weighted by molar-refractivity contribution is -0.146. The van der Waals surface area contributed by atoms with Crippen molar-refractivity contribution < 1.29 is 23.5 Å². The average molecular weight is 530 g/mol. The lowest BCUT2D eigenvalue weighted by Crippen LogP contribution is -2.09. The van der Waals surface area contributed by atoms with Gasteiger partial charge in [0.05, 0.1) is 6.61 Å². The summed E-state index contributed by atoms with van der Waals surface area (Å²) in [6.45, 7) is 2.71. The fourth-order valence-electron chi connectivity index (χ4n) is 3.64. The Labute approximate surface area is 208 Å². The van der Waals surface area contributed by atoms with E-state index >= 15 is 0 Å². The number of carbonyl (C=O) groups is 2. The van der Waals surface area contributed by atoms with Gasteiger partial charge in [-0.2, -0.15) is 0 Å². The summed E-state index contributed by atoms with van der Waals surface area (Å²) in [5.41, 5.74) is 0.570. The van der Waals surface area contributed by atoms with E-state index in [0.717, 1.165) is 12.8 Å². The Morgan fingerprint density at radius 2 is 1.27 bits per heavy atom. The van der Waals surface area contributed by atoms with Crippen molar-refractivity contribution in [1.82, 2.24) is 0 Å². The minimum Gasteiger partial charge on any atom is -0.466 e. The number of hydrogen-bond donors (Lipinski definition) is 0. The number of rotatable bonds is 20. The third-order valence-electron chi connectivity index (χ3n) is 5.67. The van der Waals surface area contributed by atoms with E-state index in [4.69, 9.17) is 9.47 Å². The third-order valence-corrected chi connectivity index (χ3v) is 6.44. The van der Waals surface area contributed by atoms with E-state index in [-0.39, 0.29) is 31.2 Å². The van der Waals surface area contributed by atoms with Crippen LogP contribution in [0.4, 0.5) is 4.39 Å². The SMILES string of the molecule is CCCCCCCCCCCCCCCOC(=O)CCCC(=O)OCc1cc(F)ccc1Br. The highest BCUT2D eigenvalue weighted by Gasteiger charge is 2.09. The van der Waals surface area contributed by atoms with Crippen LogP contribution in [0, 0.1) is 5.82 Å². The molecule has 0 saturated carbocycles. The minimum atomic E-state index is -0.407. The molecule has 4 nitrogen and oxygen atoms in total. The second-order valence-corrected chi connectivity index (χ2v) is 9.57. The van der Waals surface area contributed by atoms with E-state index in [1.165, 1.54) is 82.8 Å². The molecule has 0 fully saturated rings. The number of esters is 2. The van der Waals surface area contributed by atoms with E-state index in [9.17, 15) is 14.0 Å². The first kappa shape index (κ1) is 29.6. The zero-order chi connectivity index (χ0) is 24.2. The van der Waals surface area contributed by atoms with Gasteiger partial charge in [-0.15, -0.1) is 0 Å². The van der Waals surface area contributed by atoms with Crippen molar-refractivity contribution in [2.75, 3.05) is 6.61 Å². The summed E-state index contributed by atoms with van der Waals surface area (Å²) < 4.78 is 24.3. The van der Waals surface area contributed by atoms with Crippen molar-refractivity contribution >= 4 is 27.9 Å². The van der Waals surface area contributed by atoms with Gasteiger partial charge in [-0.25, -0.2) is 4.39 Å². The maximum Gasteiger partial charge on any atom is 0.306 e. The maximum absolute atomic E-state index is 13.2. The smallest absolute Gasteiger partial charge is 0.306 e. The van der Waals surface area contributed by atoms with Gasteiger partial charge < -0.3 is 9.47 Å². The number of benzene rings is 1. The van der Waals surface area contributed by atoms with Crippen LogP contribution in [-0.4, -0.2) is 18.5 Å². The molecule has 1 aromatic rings. The molecular weight excluding hydrogens is 487 g/mol. The highest BCUT2D eigenvalue weighted by molar-refractivity contribution is 9.10.